The largest absolute Gasteiger partial charge is 0.362 e. The van der Waals surface area contributed by atoms with Crippen molar-refractivity contribution in [3.63, 3.8) is 0 Å². The van der Waals surface area contributed by atoms with Crippen LogP contribution in [0.5, 0.6) is 0 Å². The van der Waals surface area contributed by atoms with E-state index < -0.39 is 14.8 Å². The first-order valence-electron chi connectivity index (χ1n) is 7.56. The zero-order valence-corrected chi connectivity index (χ0v) is 14.9. The molecule has 0 bridgehead atoms. The highest BCUT2D eigenvalue weighted by Crippen LogP contribution is 2.36. The Morgan fingerprint density at radius 3 is 2.13 bits per heavy atom. The van der Waals surface area contributed by atoms with Crippen molar-refractivity contribution in [3.05, 3.63) is 29.8 Å². The molecule has 1 aliphatic rings. The van der Waals surface area contributed by atoms with E-state index in [1.165, 1.54) is 12.0 Å². The molecule has 0 saturated carbocycles. The number of aryl methyl sites for hydroxylation is 1. The number of nitrogens with zero attached hydrogens (tertiary/aromatic N) is 2. The molecule has 128 valence electrons. The van der Waals surface area contributed by atoms with Crippen LogP contribution in [0.4, 0.5) is 4.79 Å². The Hall–Kier alpha value is -1.60. The SMILES string of the molecule is COC1(S(=O)(=O)c2ccc(C)cc2)CCN(C(=O)N(C)C)CC1. The zero-order valence-electron chi connectivity index (χ0n) is 14.1. The first-order chi connectivity index (χ1) is 10.7. The van der Waals surface area contributed by atoms with Crippen LogP contribution >= 0.6 is 0 Å². The van der Waals surface area contributed by atoms with Gasteiger partial charge >= 0.3 is 6.03 Å². The van der Waals surface area contributed by atoms with Gasteiger partial charge in [0.1, 0.15) is 0 Å². The monoisotopic (exact) mass is 340 g/mol. The summed E-state index contributed by atoms with van der Waals surface area (Å²) in [6.45, 7) is 2.62. The van der Waals surface area contributed by atoms with Crippen LogP contribution in [-0.2, 0) is 14.6 Å². The van der Waals surface area contributed by atoms with Gasteiger partial charge < -0.3 is 14.5 Å². The molecule has 1 aliphatic heterocycles. The van der Waals surface area contributed by atoms with Crippen molar-refractivity contribution in [2.75, 3.05) is 34.3 Å². The van der Waals surface area contributed by atoms with Crippen molar-refractivity contribution in [2.24, 2.45) is 0 Å². The molecule has 1 saturated heterocycles. The van der Waals surface area contributed by atoms with Crippen LogP contribution in [-0.4, -0.2) is 63.5 Å². The molecule has 1 fully saturated rings. The van der Waals surface area contributed by atoms with E-state index in [0.29, 0.717) is 13.1 Å². The van der Waals surface area contributed by atoms with Crippen molar-refractivity contribution in [2.45, 2.75) is 29.6 Å². The zero-order chi connectivity index (χ0) is 17.3. The van der Waals surface area contributed by atoms with Gasteiger partial charge in [-0.05, 0) is 19.1 Å². The fourth-order valence-corrected chi connectivity index (χ4v) is 4.70. The summed E-state index contributed by atoms with van der Waals surface area (Å²) in [5, 5.41) is 0. The Labute approximate surface area is 137 Å². The number of methoxy groups -OCH3 is 1. The van der Waals surface area contributed by atoms with E-state index in [1.54, 1.807) is 43.3 Å². The number of carbonyl (C=O) groups excluding carboxylic acids is 1. The smallest absolute Gasteiger partial charge is 0.319 e. The molecule has 0 radical (unpaired) electrons. The number of carbonyl (C=O) groups is 1. The third kappa shape index (κ3) is 3.21. The van der Waals surface area contributed by atoms with Crippen molar-refractivity contribution in [3.8, 4) is 0 Å². The molecule has 0 spiro atoms. The summed E-state index contributed by atoms with van der Waals surface area (Å²) in [5.74, 6) is 0. The average Bonchev–Trinajstić information content (AvgIpc) is 2.54. The van der Waals surface area contributed by atoms with Gasteiger partial charge in [-0.25, -0.2) is 13.2 Å². The minimum Gasteiger partial charge on any atom is -0.362 e. The summed E-state index contributed by atoms with van der Waals surface area (Å²) >= 11 is 0. The molecule has 2 rings (SSSR count). The number of hydrogen-bond donors (Lipinski definition) is 0. The number of hydrogen-bond acceptors (Lipinski definition) is 4. The Morgan fingerprint density at radius 2 is 1.70 bits per heavy atom. The molecule has 0 unspecified atom stereocenters. The topological polar surface area (TPSA) is 66.9 Å². The normalized spacial score (nSPS) is 17.8. The summed E-state index contributed by atoms with van der Waals surface area (Å²) in [5.41, 5.74) is 1.00. The first-order valence-corrected chi connectivity index (χ1v) is 9.04. The molecule has 1 aromatic rings. The summed E-state index contributed by atoms with van der Waals surface area (Å²) in [4.78, 5) is 14.2. The van der Waals surface area contributed by atoms with Gasteiger partial charge in [0.25, 0.3) is 0 Å². The second-order valence-corrected chi connectivity index (χ2v) is 8.32. The maximum absolute atomic E-state index is 13.0. The Bertz CT molecular complexity index is 660. The molecule has 1 heterocycles. The molecule has 23 heavy (non-hydrogen) atoms. The predicted molar refractivity (Wildman–Crippen MR) is 88.0 cm³/mol. The fourth-order valence-electron chi connectivity index (χ4n) is 2.84. The van der Waals surface area contributed by atoms with Crippen molar-refractivity contribution in [1.29, 1.82) is 0 Å². The number of amides is 2. The number of benzene rings is 1. The lowest BCUT2D eigenvalue weighted by Gasteiger charge is -2.40. The predicted octanol–water partition coefficient (Wildman–Crippen LogP) is 1.89. The maximum Gasteiger partial charge on any atom is 0.319 e. The molecule has 2 amide bonds. The molecule has 0 atom stereocenters. The van der Waals surface area contributed by atoms with E-state index >= 15 is 0 Å². The molecule has 7 heteroatoms. The standard InChI is InChI=1S/C16H24N2O4S/c1-13-5-7-14(8-6-13)23(20,21)16(22-4)9-11-18(12-10-16)15(19)17(2)3/h5-8H,9-12H2,1-4H3. The van der Waals surface area contributed by atoms with Crippen LogP contribution in [0.3, 0.4) is 0 Å². The Morgan fingerprint density at radius 1 is 1.17 bits per heavy atom. The molecule has 0 aliphatic carbocycles. The number of sulfone groups is 1. The molecule has 0 aromatic heterocycles. The summed E-state index contributed by atoms with van der Waals surface area (Å²) in [6.07, 6.45) is 0.526. The van der Waals surface area contributed by atoms with Crippen molar-refractivity contribution in [1.82, 2.24) is 9.80 Å². The highest BCUT2D eigenvalue weighted by molar-refractivity contribution is 7.92. The van der Waals surface area contributed by atoms with Crippen LogP contribution in [0, 0.1) is 6.92 Å². The van der Waals surface area contributed by atoms with Gasteiger partial charge in [-0.15, -0.1) is 0 Å². The number of piperidine rings is 1. The second kappa shape index (κ2) is 6.49. The summed E-state index contributed by atoms with van der Waals surface area (Å²) in [7, 11) is 1.16. The number of rotatable bonds is 3. The molecule has 0 N–H and O–H groups in total. The molecular formula is C16H24N2O4S. The molecule has 1 aromatic carbocycles. The lowest BCUT2D eigenvalue weighted by molar-refractivity contribution is 0.0119. The average molecular weight is 340 g/mol. The van der Waals surface area contributed by atoms with Gasteiger partial charge in [0, 0.05) is 47.1 Å². The van der Waals surface area contributed by atoms with Crippen LogP contribution in [0.25, 0.3) is 0 Å². The van der Waals surface area contributed by atoms with Gasteiger partial charge in [-0.3, -0.25) is 0 Å². The third-order valence-corrected chi connectivity index (χ3v) is 6.82. The minimum atomic E-state index is -3.63. The van der Waals surface area contributed by atoms with Crippen LogP contribution in [0.1, 0.15) is 18.4 Å². The lowest BCUT2D eigenvalue weighted by atomic mass is 10.1. The number of ether oxygens (including phenoxy) is 1. The van der Waals surface area contributed by atoms with E-state index in [1.807, 2.05) is 6.92 Å². The highest BCUT2D eigenvalue weighted by Gasteiger charge is 2.48. The third-order valence-electron chi connectivity index (χ3n) is 4.37. The van der Waals surface area contributed by atoms with E-state index in [4.69, 9.17) is 4.74 Å². The maximum atomic E-state index is 13.0. The number of urea groups is 1. The molecular weight excluding hydrogens is 316 g/mol. The quantitative estimate of drug-likeness (QED) is 0.843. The van der Waals surface area contributed by atoms with Gasteiger partial charge in [0.05, 0.1) is 4.90 Å². The van der Waals surface area contributed by atoms with E-state index in [2.05, 4.69) is 0 Å². The van der Waals surface area contributed by atoms with Crippen LogP contribution < -0.4 is 0 Å². The highest BCUT2D eigenvalue weighted by atomic mass is 32.2. The van der Waals surface area contributed by atoms with Crippen LogP contribution in [0.15, 0.2) is 29.2 Å². The van der Waals surface area contributed by atoms with Gasteiger partial charge in [0.15, 0.2) is 4.93 Å². The Kier molecular flexibility index (Phi) is 5.01. The van der Waals surface area contributed by atoms with Crippen LogP contribution in [0.2, 0.25) is 0 Å². The summed E-state index contributed by atoms with van der Waals surface area (Å²) < 4.78 is 31.5. The van der Waals surface area contributed by atoms with Crippen molar-refractivity contribution >= 4 is 15.9 Å². The fraction of sp³-hybridized carbons (Fsp3) is 0.562. The lowest BCUT2D eigenvalue weighted by Crippen LogP contribution is -2.53. The Balaban J connectivity index is 2.26. The summed E-state index contributed by atoms with van der Waals surface area (Å²) in [6, 6.07) is 6.68. The van der Waals surface area contributed by atoms with Crippen molar-refractivity contribution < 1.29 is 17.9 Å². The molecule has 6 nitrogen and oxygen atoms in total. The minimum absolute atomic E-state index is 0.109. The van der Waals surface area contributed by atoms with Gasteiger partial charge in [-0.2, -0.15) is 0 Å². The second-order valence-electron chi connectivity index (χ2n) is 6.10. The van der Waals surface area contributed by atoms with E-state index in [9.17, 15) is 13.2 Å². The van der Waals surface area contributed by atoms with Gasteiger partial charge in [0.2, 0.25) is 9.84 Å². The first kappa shape index (κ1) is 17.7. The van der Waals surface area contributed by atoms with E-state index in [0.717, 1.165) is 5.56 Å². The van der Waals surface area contributed by atoms with E-state index in [-0.39, 0.29) is 23.8 Å². The van der Waals surface area contributed by atoms with Gasteiger partial charge in [-0.1, -0.05) is 17.7 Å². The number of likely N-dealkylation sites (tertiary alicyclic amines) is 1.